The molecule has 0 bridgehead atoms. The smallest absolute Gasteiger partial charge is 0.347 e. The van der Waals surface area contributed by atoms with Crippen LogP contribution in [0, 0.1) is 0 Å². The molecule has 0 fully saturated rings. The number of benzene rings is 2. The number of nitrogens with zero attached hydrogens (tertiary/aromatic N) is 1. The highest BCUT2D eigenvalue weighted by Crippen LogP contribution is 2.24. The molecule has 110 valence electrons. The average Bonchev–Trinajstić information content (AvgIpc) is 3.05. The number of carbonyl (C=O) groups is 1. The van der Waals surface area contributed by atoms with Crippen LogP contribution >= 0.6 is 11.5 Å². The van der Waals surface area contributed by atoms with E-state index in [2.05, 4.69) is 4.37 Å². The normalized spacial score (nSPS) is 10.4. The summed E-state index contributed by atoms with van der Waals surface area (Å²) in [7, 11) is 0. The highest BCUT2D eigenvalue weighted by Gasteiger charge is 2.10. The Labute approximate surface area is 131 Å². The molecule has 0 saturated carbocycles. The van der Waals surface area contributed by atoms with Gasteiger partial charge in [0.1, 0.15) is 17.2 Å². The van der Waals surface area contributed by atoms with E-state index < -0.39 is 5.97 Å². The van der Waals surface area contributed by atoms with Gasteiger partial charge in [-0.15, -0.1) is 0 Å². The van der Waals surface area contributed by atoms with Crippen molar-refractivity contribution in [3.05, 3.63) is 71.1 Å². The molecule has 0 spiro atoms. The van der Waals surface area contributed by atoms with E-state index >= 15 is 0 Å². The summed E-state index contributed by atoms with van der Waals surface area (Å²) in [5, 5.41) is 8.92. The van der Waals surface area contributed by atoms with Gasteiger partial charge < -0.3 is 9.84 Å². The average molecular weight is 311 g/mol. The van der Waals surface area contributed by atoms with E-state index in [1.165, 1.54) is 0 Å². The number of carboxylic acids is 1. The fourth-order valence-electron chi connectivity index (χ4n) is 1.97. The maximum atomic E-state index is 10.9. The predicted molar refractivity (Wildman–Crippen MR) is 85.3 cm³/mol. The molecule has 0 aliphatic heterocycles. The van der Waals surface area contributed by atoms with Crippen molar-refractivity contribution in [1.29, 1.82) is 0 Å². The zero-order valence-corrected chi connectivity index (χ0v) is 12.4. The maximum Gasteiger partial charge on any atom is 0.347 e. The van der Waals surface area contributed by atoms with Gasteiger partial charge in [0.05, 0.1) is 5.69 Å². The molecule has 4 nitrogen and oxygen atoms in total. The van der Waals surface area contributed by atoms with Crippen molar-refractivity contribution in [2.24, 2.45) is 0 Å². The lowest BCUT2D eigenvalue weighted by atomic mass is 10.1. The van der Waals surface area contributed by atoms with E-state index in [1.54, 1.807) is 6.07 Å². The van der Waals surface area contributed by atoms with Crippen molar-refractivity contribution in [1.82, 2.24) is 4.37 Å². The number of ether oxygens (including phenoxy) is 1. The van der Waals surface area contributed by atoms with Gasteiger partial charge in [-0.05, 0) is 47.4 Å². The van der Waals surface area contributed by atoms with Crippen LogP contribution in [0.25, 0.3) is 11.3 Å². The summed E-state index contributed by atoms with van der Waals surface area (Å²) in [6.45, 7) is 0.514. The van der Waals surface area contributed by atoms with E-state index in [0.29, 0.717) is 12.3 Å². The van der Waals surface area contributed by atoms with Crippen LogP contribution in [-0.4, -0.2) is 15.4 Å². The molecule has 0 radical (unpaired) electrons. The Morgan fingerprint density at radius 3 is 2.45 bits per heavy atom. The van der Waals surface area contributed by atoms with Gasteiger partial charge in [-0.2, -0.15) is 4.37 Å². The lowest BCUT2D eigenvalue weighted by Crippen LogP contribution is -1.94. The van der Waals surface area contributed by atoms with Gasteiger partial charge in [0.2, 0.25) is 0 Å². The zero-order chi connectivity index (χ0) is 15.4. The van der Waals surface area contributed by atoms with Gasteiger partial charge in [-0.1, -0.05) is 30.3 Å². The molecule has 5 heteroatoms. The Bertz CT molecular complexity index is 766. The summed E-state index contributed by atoms with van der Waals surface area (Å²) in [4.78, 5) is 11.1. The molecule has 22 heavy (non-hydrogen) atoms. The molecule has 0 amide bonds. The molecular formula is C17H13NO3S. The third-order valence-electron chi connectivity index (χ3n) is 3.12. The van der Waals surface area contributed by atoms with Crippen LogP contribution in [0.15, 0.2) is 60.7 Å². The highest BCUT2D eigenvalue weighted by atomic mass is 32.1. The topological polar surface area (TPSA) is 59.4 Å². The Hall–Kier alpha value is -2.66. The van der Waals surface area contributed by atoms with E-state index in [9.17, 15) is 4.79 Å². The van der Waals surface area contributed by atoms with Crippen LogP contribution in [0.3, 0.4) is 0 Å². The van der Waals surface area contributed by atoms with Gasteiger partial charge in [0.15, 0.2) is 0 Å². The summed E-state index contributed by atoms with van der Waals surface area (Å²) < 4.78 is 9.87. The number of carboxylic acid groups (broad SMARTS) is 1. The predicted octanol–water partition coefficient (Wildman–Crippen LogP) is 4.09. The largest absolute Gasteiger partial charge is 0.489 e. The lowest BCUT2D eigenvalue weighted by molar-refractivity contribution is 0.0702. The Morgan fingerprint density at radius 2 is 1.82 bits per heavy atom. The molecule has 1 aromatic heterocycles. The first-order chi connectivity index (χ1) is 10.7. The highest BCUT2D eigenvalue weighted by molar-refractivity contribution is 7.08. The molecule has 3 aromatic rings. The molecule has 2 aromatic carbocycles. The monoisotopic (exact) mass is 311 g/mol. The van der Waals surface area contributed by atoms with Crippen molar-refractivity contribution in [3.63, 3.8) is 0 Å². The summed E-state index contributed by atoms with van der Waals surface area (Å²) in [6.07, 6.45) is 0. The molecule has 1 N–H and O–H groups in total. The summed E-state index contributed by atoms with van der Waals surface area (Å²) >= 11 is 0.983. The van der Waals surface area contributed by atoms with Gasteiger partial charge in [0, 0.05) is 5.56 Å². The summed E-state index contributed by atoms with van der Waals surface area (Å²) in [6, 6.07) is 19.0. The minimum absolute atomic E-state index is 0.236. The van der Waals surface area contributed by atoms with Crippen molar-refractivity contribution in [2.75, 3.05) is 0 Å². The number of hydrogen-bond donors (Lipinski definition) is 1. The zero-order valence-electron chi connectivity index (χ0n) is 11.6. The summed E-state index contributed by atoms with van der Waals surface area (Å²) in [5.74, 6) is -0.187. The minimum atomic E-state index is -0.952. The third-order valence-corrected chi connectivity index (χ3v) is 3.90. The third kappa shape index (κ3) is 3.32. The fraction of sp³-hybridized carbons (Fsp3) is 0.0588. The van der Waals surface area contributed by atoms with E-state index in [4.69, 9.17) is 9.84 Å². The second kappa shape index (κ2) is 6.41. The van der Waals surface area contributed by atoms with Crippen molar-refractivity contribution in [3.8, 4) is 17.0 Å². The Balaban J connectivity index is 1.68. The maximum absolute atomic E-state index is 10.9. The van der Waals surface area contributed by atoms with Crippen molar-refractivity contribution in [2.45, 2.75) is 6.61 Å². The minimum Gasteiger partial charge on any atom is -0.489 e. The van der Waals surface area contributed by atoms with Crippen LogP contribution in [0.2, 0.25) is 0 Å². The van der Waals surface area contributed by atoms with Gasteiger partial charge in [-0.25, -0.2) is 4.79 Å². The quantitative estimate of drug-likeness (QED) is 0.771. The van der Waals surface area contributed by atoms with Crippen molar-refractivity contribution < 1.29 is 14.6 Å². The number of aromatic carboxylic acids is 1. The molecule has 0 saturated heterocycles. The van der Waals surface area contributed by atoms with Crippen LogP contribution in [0.1, 0.15) is 15.2 Å². The Kier molecular flexibility index (Phi) is 4.16. The number of rotatable bonds is 5. The van der Waals surface area contributed by atoms with E-state index in [-0.39, 0.29) is 4.88 Å². The second-order valence-corrected chi connectivity index (χ2v) is 5.49. The van der Waals surface area contributed by atoms with Crippen LogP contribution in [0.4, 0.5) is 0 Å². The van der Waals surface area contributed by atoms with Crippen LogP contribution in [0.5, 0.6) is 5.75 Å². The molecular weight excluding hydrogens is 298 g/mol. The second-order valence-electron chi connectivity index (χ2n) is 4.68. The molecule has 0 atom stereocenters. The lowest BCUT2D eigenvalue weighted by Gasteiger charge is -2.06. The standard InChI is InChI=1S/C17H13NO3S/c19-17(20)16-10-15(18-22-16)13-6-8-14(9-7-13)21-11-12-4-2-1-3-5-12/h1-10H,11H2,(H,19,20). The first kappa shape index (κ1) is 14.3. The molecule has 1 heterocycles. The molecule has 0 aliphatic carbocycles. The first-order valence-electron chi connectivity index (χ1n) is 6.69. The van der Waals surface area contributed by atoms with Crippen molar-refractivity contribution >= 4 is 17.5 Å². The van der Waals surface area contributed by atoms with Crippen LogP contribution < -0.4 is 4.74 Å². The van der Waals surface area contributed by atoms with Gasteiger partial charge >= 0.3 is 5.97 Å². The number of hydrogen-bond acceptors (Lipinski definition) is 4. The Morgan fingerprint density at radius 1 is 1.09 bits per heavy atom. The van der Waals surface area contributed by atoms with Gasteiger partial charge in [-0.3, -0.25) is 0 Å². The molecule has 0 unspecified atom stereocenters. The number of aromatic nitrogens is 1. The van der Waals surface area contributed by atoms with Crippen LogP contribution in [-0.2, 0) is 6.61 Å². The van der Waals surface area contributed by atoms with E-state index in [1.807, 2.05) is 54.6 Å². The first-order valence-corrected chi connectivity index (χ1v) is 7.47. The van der Waals surface area contributed by atoms with E-state index in [0.717, 1.165) is 28.4 Å². The molecule has 3 rings (SSSR count). The van der Waals surface area contributed by atoms with Gasteiger partial charge in [0.25, 0.3) is 0 Å². The fourth-order valence-corrected chi connectivity index (χ4v) is 2.57. The SMILES string of the molecule is O=C(O)c1cc(-c2ccc(OCc3ccccc3)cc2)ns1. The summed E-state index contributed by atoms with van der Waals surface area (Å²) in [5.41, 5.74) is 2.64. The molecule has 0 aliphatic rings.